The second kappa shape index (κ2) is 4.41. The SMILES string of the molecule is Cn1cnnc1Sc1ncccc1CO. The molecule has 2 aromatic rings. The van der Waals surface area contributed by atoms with Crippen molar-refractivity contribution < 1.29 is 5.11 Å². The molecular formula is C9H10N4OS. The number of aryl methyl sites for hydroxylation is 1. The van der Waals surface area contributed by atoms with E-state index in [2.05, 4.69) is 15.2 Å². The highest BCUT2D eigenvalue weighted by Gasteiger charge is 2.08. The Balaban J connectivity index is 2.28. The van der Waals surface area contributed by atoms with Crippen LogP contribution in [0.25, 0.3) is 0 Å². The van der Waals surface area contributed by atoms with Crippen molar-refractivity contribution in [3.05, 3.63) is 30.2 Å². The second-order valence-electron chi connectivity index (χ2n) is 2.95. The maximum Gasteiger partial charge on any atom is 0.197 e. The zero-order chi connectivity index (χ0) is 10.7. The summed E-state index contributed by atoms with van der Waals surface area (Å²) in [7, 11) is 1.86. The van der Waals surface area contributed by atoms with Crippen LogP contribution in [0.1, 0.15) is 5.56 Å². The van der Waals surface area contributed by atoms with Gasteiger partial charge in [0.15, 0.2) is 5.16 Å². The summed E-state index contributed by atoms with van der Waals surface area (Å²) in [4.78, 5) is 4.19. The van der Waals surface area contributed by atoms with Crippen molar-refractivity contribution in [2.24, 2.45) is 7.05 Å². The summed E-state index contributed by atoms with van der Waals surface area (Å²) in [6.45, 7) is -0.0198. The van der Waals surface area contributed by atoms with Crippen LogP contribution in [0.5, 0.6) is 0 Å². The lowest BCUT2D eigenvalue weighted by Crippen LogP contribution is -1.93. The van der Waals surface area contributed by atoms with Crippen LogP contribution < -0.4 is 0 Å². The maximum atomic E-state index is 9.12. The van der Waals surface area contributed by atoms with E-state index < -0.39 is 0 Å². The van der Waals surface area contributed by atoms with Gasteiger partial charge in [0.05, 0.1) is 6.61 Å². The summed E-state index contributed by atoms with van der Waals surface area (Å²) in [6, 6.07) is 3.64. The highest BCUT2D eigenvalue weighted by Crippen LogP contribution is 2.26. The minimum absolute atomic E-state index is 0.0198. The summed E-state index contributed by atoms with van der Waals surface area (Å²) in [5.74, 6) is 0. The molecule has 0 spiro atoms. The first-order chi connectivity index (χ1) is 7.31. The molecule has 78 valence electrons. The van der Waals surface area contributed by atoms with Gasteiger partial charge >= 0.3 is 0 Å². The van der Waals surface area contributed by atoms with E-state index >= 15 is 0 Å². The van der Waals surface area contributed by atoms with Crippen molar-refractivity contribution in [1.82, 2.24) is 19.7 Å². The molecule has 2 rings (SSSR count). The van der Waals surface area contributed by atoms with E-state index in [1.807, 2.05) is 13.1 Å². The summed E-state index contributed by atoms with van der Waals surface area (Å²) < 4.78 is 1.81. The highest BCUT2D eigenvalue weighted by atomic mass is 32.2. The molecule has 0 aromatic carbocycles. The molecule has 0 amide bonds. The standard InChI is InChI=1S/C9H10N4OS/c1-13-6-11-12-9(13)15-8-7(5-14)3-2-4-10-8/h2-4,6,14H,5H2,1H3. The van der Waals surface area contributed by atoms with Crippen molar-refractivity contribution in [3.63, 3.8) is 0 Å². The number of hydrogen-bond donors (Lipinski definition) is 1. The Morgan fingerprint density at radius 3 is 3.07 bits per heavy atom. The van der Waals surface area contributed by atoms with E-state index in [4.69, 9.17) is 5.11 Å². The van der Waals surface area contributed by atoms with E-state index in [-0.39, 0.29) is 6.61 Å². The van der Waals surface area contributed by atoms with Crippen molar-refractivity contribution >= 4 is 11.8 Å². The monoisotopic (exact) mass is 222 g/mol. The fraction of sp³-hybridized carbons (Fsp3) is 0.222. The number of pyridine rings is 1. The van der Waals surface area contributed by atoms with Crippen LogP contribution in [0.3, 0.4) is 0 Å². The molecule has 0 aliphatic heterocycles. The van der Waals surface area contributed by atoms with Gasteiger partial charge in [-0.2, -0.15) is 0 Å². The van der Waals surface area contributed by atoms with E-state index in [9.17, 15) is 0 Å². The predicted octanol–water partition coefficient (Wildman–Crippen LogP) is 0.854. The quantitative estimate of drug-likeness (QED) is 0.834. The smallest absolute Gasteiger partial charge is 0.197 e. The molecule has 0 fully saturated rings. The zero-order valence-corrected chi connectivity index (χ0v) is 8.98. The Kier molecular flexibility index (Phi) is 2.98. The number of aliphatic hydroxyl groups is 1. The number of aromatic nitrogens is 4. The van der Waals surface area contributed by atoms with Gasteiger partial charge in [-0.05, 0) is 17.8 Å². The van der Waals surface area contributed by atoms with E-state index in [0.717, 1.165) is 15.7 Å². The maximum absolute atomic E-state index is 9.12. The Morgan fingerprint density at radius 1 is 1.53 bits per heavy atom. The zero-order valence-electron chi connectivity index (χ0n) is 8.16. The number of aliphatic hydroxyl groups excluding tert-OH is 1. The Labute approximate surface area is 91.2 Å². The van der Waals surface area contributed by atoms with Crippen molar-refractivity contribution in [1.29, 1.82) is 0 Å². The van der Waals surface area contributed by atoms with Crippen molar-refractivity contribution in [3.8, 4) is 0 Å². The van der Waals surface area contributed by atoms with Crippen LogP contribution in [0.4, 0.5) is 0 Å². The van der Waals surface area contributed by atoms with Gasteiger partial charge in [-0.25, -0.2) is 4.98 Å². The van der Waals surface area contributed by atoms with Crippen LogP contribution in [0.15, 0.2) is 34.8 Å². The van der Waals surface area contributed by atoms with Gasteiger partial charge in [-0.3, -0.25) is 0 Å². The van der Waals surface area contributed by atoms with Crippen LogP contribution >= 0.6 is 11.8 Å². The molecule has 2 heterocycles. The molecule has 0 unspecified atom stereocenters. The van der Waals surface area contributed by atoms with Crippen LogP contribution in [0, 0.1) is 0 Å². The van der Waals surface area contributed by atoms with Crippen LogP contribution in [-0.2, 0) is 13.7 Å². The minimum Gasteiger partial charge on any atom is -0.392 e. The lowest BCUT2D eigenvalue weighted by atomic mass is 10.3. The Hall–Kier alpha value is -1.40. The topological polar surface area (TPSA) is 63.8 Å². The molecule has 0 radical (unpaired) electrons. The van der Waals surface area contributed by atoms with Crippen molar-refractivity contribution in [2.45, 2.75) is 16.8 Å². The van der Waals surface area contributed by atoms with Gasteiger partial charge in [0, 0.05) is 18.8 Å². The molecule has 2 aromatic heterocycles. The predicted molar refractivity (Wildman–Crippen MR) is 55.3 cm³/mol. The first kappa shape index (κ1) is 10.1. The van der Waals surface area contributed by atoms with Gasteiger partial charge in [0.2, 0.25) is 0 Å². The number of rotatable bonds is 3. The van der Waals surface area contributed by atoms with E-state index in [0.29, 0.717) is 0 Å². The molecule has 0 aliphatic rings. The molecule has 0 atom stereocenters. The van der Waals surface area contributed by atoms with E-state index in [1.54, 1.807) is 23.2 Å². The third-order valence-electron chi connectivity index (χ3n) is 1.88. The molecule has 6 heteroatoms. The summed E-state index contributed by atoms with van der Waals surface area (Å²) >= 11 is 1.39. The van der Waals surface area contributed by atoms with Gasteiger partial charge in [-0.1, -0.05) is 6.07 Å². The van der Waals surface area contributed by atoms with Gasteiger partial charge in [0.25, 0.3) is 0 Å². The number of nitrogens with zero attached hydrogens (tertiary/aromatic N) is 4. The summed E-state index contributed by atoms with van der Waals surface area (Å²) in [5.41, 5.74) is 0.797. The van der Waals surface area contributed by atoms with Gasteiger partial charge < -0.3 is 9.67 Å². The number of hydrogen-bond acceptors (Lipinski definition) is 5. The Morgan fingerprint density at radius 2 is 2.40 bits per heavy atom. The first-order valence-electron chi connectivity index (χ1n) is 4.38. The lowest BCUT2D eigenvalue weighted by Gasteiger charge is -2.03. The molecule has 0 saturated carbocycles. The average molecular weight is 222 g/mol. The second-order valence-corrected chi connectivity index (χ2v) is 3.91. The van der Waals surface area contributed by atoms with E-state index in [1.165, 1.54) is 11.8 Å². The third kappa shape index (κ3) is 2.16. The normalized spacial score (nSPS) is 10.5. The Bertz CT molecular complexity index is 457. The fourth-order valence-corrected chi connectivity index (χ4v) is 1.92. The largest absolute Gasteiger partial charge is 0.392 e. The molecule has 1 N–H and O–H groups in total. The molecular weight excluding hydrogens is 212 g/mol. The average Bonchev–Trinajstić information content (AvgIpc) is 2.65. The summed E-state index contributed by atoms with van der Waals surface area (Å²) in [5, 5.41) is 18.3. The first-order valence-corrected chi connectivity index (χ1v) is 5.19. The molecule has 0 bridgehead atoms. The van der Waals surface area contributed by atoms with Crippen molar-refractivity contribution in [2.75, 3.05) is 0 Å². The highest BCUT2D eigenvalue weighted by molar-refractivity contribution is 7.99. The minimum atomic E-state index is -0.0198. The lowest BCUT2D eigenvalue weighted by molar-refractivity contribution is 0.278. The molecule has 0 aliphatic carbocycles. The third-order valence-corrected chi connectivity index (χ3v) is 2.99. The fourth-order valence-electron chi connectivity index (χ4n) is 1.09. The van der Waals surface area contributed by atoms with Crippen LogP contribution in [-0.4, -0.2) is 24.9 Å². The summed E-state index contributed by atoms with van der Waals surface area (Å²) in [6.07, 6.45) is 3.32. The van der Waals surface area contributed by atoms with Gasteiger partial charge in [-0.15, -0.1) is 10.2 Å². The molecule has 15 heavy (non-hydrogen) atoms. The molecule has 0 saturated heterocycles. The molecule has 5 nitrogen and oxygen atoms in total. The van der Waals surface area contributed by atoms with Crippen LogP contribution in [0.2, 0.25) is 0 Å². The van der Waals surface area contributed by atoms with Gasteiger partial charge in [0.1, 0.15) is 11.4 Å².